The number of hydrogen-bond acceptors (Lipinski definition) is 3. The lowest BCUT2D eigenvalue weighted by molar-refractivity contribution is -0.137. The van der Waals surface area contributed by atoms with E-state index in [0.29, 0.717) is 5.69 Å². The highest BCUT2D eigenvalue weighted by atomic mass is 79.9. The van der Waals surface area contributed by atoms with E-state index in [1.54, 1.807) is 24.3 Å². The molecular formula is C11H12BrN3O4. The smallest absolute Gasteiger partial charge is 0.323 e. The van der Waals surface area contributed by atoms with Gasteiger partial charge < -0.3 is 21.1 Å². The highest BCUT2D eigenvalue weighted by molar-refractivity contribution is 9.10. The molecule has 8 heteroatoms. The molecule has 0 atom stereocenters. The molecule has 0 saturated heterocycles. The van der Waals surface area contributed by atoms with Crippen LogP contribution in [-0.2, 0) is 9.59 Å². The molecule has 0 saturated carbocycles. The molecule has 19 heavy (non-hydrogen) atoms. The summed E-state index contributed by atoms with van der Waals surface area (Å²) in [5.41, 5.74) is 5.44. The van der Waals surface area contributed by atoms with Gasteiger partial charge in [-0.15, -0.1) is 0 Å². The number of halogens is 1. The highest BCUT2D eigenvalue weighted by Crippen LogP contribution is 2.14. The number of hydrogen-bond donors (Lipinski definition) is 3. The Morgan fingerprint density at radius 2 is 1.79 bits per heavy atom. The number of nitrogens with two attached hydrogens (primary N) is 1. The van der Waals surface area contributed by atoms with E-state index in [-0.39, 0.29) is 0 Å². The molecule has 3 amide bonds. The van der Waals surface area contributed by atoms with Gasteiger partial charge in [0.1, 0.15) is 13.1 Å². The van der Waals surface area contributed by atoms with Crippen LogP contribution >= 0.6 is 15.9 Å². The number of rotatable bonds is 5. The number of urea groups is 1. The van der Waals surface area contributed by atoms with Crippen LogP contribution in [0.1, 0.15) is 0 Å². The Morgan fingerprint density at radius 3 is 2.26 bits per heavy atom. The Balaban J connectivity index is 2.73. The summed E-state index contributed by atoms with van der Waals surface area (Å²) in [5, 5.41) is 11.1. The van der Waals surface area contributed by atoms with Crippen molar-refractivity contribution < 1.29 is 19.5 Å². The first-order valence-corrected chi connectivity index (χ1v) is 5.99. The molecule has 0 unspecified atom stereocenters. The number of primary amides is 1. The average Bonchev–Trinajstić information content (AvgIpc) is 2.30. The summed E-state index contributed by atoms with van der Waals surface area (Å²) in [6, 6.07) is 5.98. The van der Waals surface area contributed by atoms with Gasteiger partial charge >= 0.3 is 12.0 Å². The molecule has 0 aliphatic rings. The molecular weight excluding hydrogens is 318 g/mol. The van der Waals surface area contributed by atoms with E-state index in [2.05, 4.69) is 21.2 Å². The van der Waals surface area contributed by atoms with Gasteiger partial charge in [0.15, 0.2) is 0 Å². The second-order valence-electron chi connectivity index (χ2n) is 3.65. The number of carboxylic acid groups (broad SMARTS) is 1. The van der Waals surface area contributed by atoms with Gasteiger partial charge in [0.25, 0.3) is 0 Å². The molecule has 0 fully saturated rings. The molecule has 0 aliphatic heterocycles. The fraction of sp³-hybridized carbons (Fsp3) is 0.182. The molecule has 102 valence electrons. The van der Waals surface area contributed by atoms with Crippen LogP contribution < -0.4 is 11.1 Å². The SMILES string of the molecule is NC(=O)CN(CC(=O)O)C(=O)Nc1ccc(Br)cc1. The molecule has 7 nitrogen and oxygen atoms in total. The van der Waals surface area contributed by atoms with Crippen molar-refractivity contribution in [1.29, 1.82) is 0 Å². The lowest BCUT2D eigenvalue weighted by atomic mass is 10.3. The minimum Gasteiger partial charge on any atom is -0.480 e. The van der Waals surface area contributed by atoms with Crippen molar-refractivity contribution in [2.24, 2.45) is 5.73 Å². The van der Waals surface area contributed by atoms with Crippen molar-refractivity contribution in [3.63, 3.8) is 0 Å². The predicted molar refractivity (Wildman–Crippen MR) is 71.6 cm³/mol. The van der Waals surface area contributed by atoms with E-state index in [4.69, 9.17) is 10.8 Å². The van der Waals surface area contributed by atoms with Crippen LogP contribution in [0.5, 0.6) is 0 Å². The van der Waals surface area contributed by atoms with Gasteiger partial charge in [-0.05, 0) is 24.3 Å². The number of carbonyl (C=O) groups is 3. The van der Waals surface area contributed by atoms with Crippen molar-refractivity contribution in [2.45, 2.75) is 0 Å². The third-order valence-corrected chi connectivity index (χ3v) is 2.58. The number of nitrogens with one attached hydrogen (secondary N) is 1. The molecule has 0 spiro atoms. The number of benzene rings is 1. The van der Waals surface area contributed by atoms with E-state index in [0.717, 1.165) is 9.37 Å². The standard InChI is InChI=1S/C11H12BrN3O4/c12-7-1-3-8(4-2-7)14-11(19)15(5-9(13)16)6-10(17)18/h1-4H,5-6H2,(H2,13,16)(H,14,19)(H,17,18). The van der Waals surface area contributed by atoms with E-state index < -0.39 is 31.0 Å². The van der Waals surface area contributed by atoms with Gasteiger partial charge in [0.2, 0.25) is 5.91 Å². The molecule has 1 aromatic carbocycles. The van der Waals surface area contributed by atoms with Gasteiger partial charge in [0, 0.05) is 10.2 Å². The van der Waals surface area contributed by atoms with E-state index in [1.165, 1.54) is 0 Å². The Kier molecular flexibility index (Phi) is 5.31. The lowest BCUT2D eigenvalue weighted by Gasteiger charge is -2.19. The van der Waals surface area contributed by atoms with E-state index in [9.17, 15) is 14.4 Å². The summed E-state index contributed by atoms with van der Waals surface area (Å²) in [6.45, 7) is -1.07. The number of anilines is 1. The fourth-order valence-electron chi connectivity index (χ4n) is 1.29. The van der Waals surface area contributed by atoms with Crippen LogP contribution in [-0.4, -0.2) is 41.0 Å². The summed E-state index contributed by atoms with van der Waals surface area (Å²) < 4.78 is 0.838. The largest absolute Gasteiger partial charge is 0.480 e. The van der Waals surface area contributed by atoms with E-state index >= 15 is 0 Å². The molecule has 0 bridgehead atoms. The van der Waals surface area contributed by atoms with Crippen molar-refractivity contribution in [2.75, 3.05) is 18.4 Å². The van der Waals surface area contributed by atoms with Crippen LogP contribution in [0, 0.1) is 0 Å². The number of carboxylic acids is 1. The van der Waals surface area contributed by atoms with Crippen molar-refractivity contribution in [3.05, 3.63) is 28.7 Å². The lowest BCUT2D eigenvalue weighted by Crippen LogP contribution is -2.43. The average molecular weight is 330 g/mol. The summed E-state index contributed by atoms with van der Waals surface area (Å²) in [4.78, 5) is 34.0. The van der Waals surface area contributed by atoms with Gasteiger partial charge in [0.05, 0.1) is 0 Å². The Bertz CT molecular complexity index is 473. The summed E-state index contributed by atoms with van der Waals surface area (Å²) >= 11 is 3.24. The molecule has 4 N–H and O–H groups in total. The van der Waals surface area contributed by atoms with Crippen LogP contribution in [0.15, 0.2) is 28.7 Å². The minimum atomic E-state index is -1.23. The first kappa shape index (κ1) is 15.0. The zero-order valence-corrected chi connectivity index (χ0v) is 11.4. The first-order chi connectivity index (χ1) is 8.88. The summed E-state index contributed by atoms with van der Waals surface area (Å²) in [5.74, 6) is -2.01. The predicted octanol–water partition coefficient (Wildman–Crippen LogP) is 0.853. The maximum atomic E-state index is 11.8. The second kappa shape index (κ2) is 6.74. The summed E-state index contributed by atoms with van der Waals surface area (Å²) in [6.07, 6.45) is 0. The Hall–Kier alpha value is -2.09. The van der Waals surface area contributed by atoms with E-state index in [1.807, 2.05) is 0 Å². The van der Waals surface area contributed by atoms with Crippen molar-refractivity contribution >= 4 is 39.5 Å². The summed E-state index contributed by atoms with van der Waals surface area (Å²) in [7, 11) is 0. The maximum Gasteiger partial charge on any atom is 0.323 e. The van der Waals surface area contributed by atoms with Gasteiger partial charge in [-0.1, -0.05) is 15.9 Å². The fourth-order valence-corrected chi connectivity index (χ4v) is 1.55. The molecule has 0 aromatic heterocycles. The quantitative estimate of drug-likeness (QED) is 0.743. The number of nitrogens with zero attached hydrogens (tertiary/aromatic N) is 1. The maximum absolute atomic E-state index is 11.8. The van der Waals surface area contributed by atoms with Gasteiger partial charge in [-0.3, -0.25) is 9.59 Å². The van der Waals surface area contributed by atoms with Crippen LogP contribution in [0.25, 0.3) is 0 Å². The molecule has 0 radical (unpaired) electrons. The Labute approximate surface area is 117 Å². The number of amides is 3. The minimum absolute atomic E-state index is 0.464. The van der Waals surface area contributed by atoms with Gasteiger partial charge in [-0.25, -0.2) is 4.79 Å². The van der Waals surface area contributed by atoms with Crippen LogP contribution in [0.3, 0.4) is 0 Å². The third-order valence-electron chi connectivity index (χ3n) is 2.06. The monoisotopic (exact) mass is 329 g/mol. The van der Waals surface area contributed by atoms with Crippen molar-refractivity contribution in [3.8, 4) is 0 Å². The Morgan fingerprint density at radius 1 is 1.21 bits per heavy atom. The zero-order valence-electron chi connectivity index (χ0n) is 9.80. The zero-order chi connectivity index (χ0) is 14.4. The van der Waals surface area contributed by atoms with Crippen molar-refractivity contribution in [1.82, 2.24) is 4.90 Å². The number of aliphatic carboxylic acids is 1. The highest BCUT2D eigenvalue weighted by Gasteiger charge is 2.18. The molecule has 1 rings (SSSR count). The number of carbonyl (C=O) groups excluding carboxylic acids is 2. The first-order valence-electron chi connectivity index (χ1n) is 5.20. The van der Waals surface area contributed by atoms with Crippen LogP contribution in [0.2, 0.25) is 0 Å². The third kappa shape index (κ3) is 5.38. The molecule has 0 heterocycles. The normalized spacial score (nSPS) is 9.74. The molecule has 0 aliphatic carbocycles. The second-order valence-corrected chi connectivity index (χ2v) is 4.57. The molecule has 1 aromatic rings. The van der Waals surface area contributed by atoms with Crippen LogP contribution in [0.4, 0.5) is 10.5 Å². The van der Waals surface area contributed by atoms with Gasteiger partial charge in [-0.2, -0.15) is 0 Å². The topological polar surface area (TPSA) is 113 Å².